The molecule has 10 heteroatoms. The predicted octanol–water partition coefficient (Wildman–Crippen LogP) is 4.20. The molecule has 180 valence electrons. The summed E-state index contributed by atoms with van der Waals surface area (Å²) in [6, 6.07) is 12.8. The molecule has 0 aliphatic carbocycles. The van der Waals surface area contributed by atoms with E-state index in [9.17, 15) is 18.0 Å². The Bertz CT molecular complexity index is 1100. The van der Waals surface area contributed by atoms with Crippen LogP contribution in [0.1, 0.15) is 33.3 Å². The van der Waals surface area contributed by atoms with Gasteiger partial charge in [0.15, 0.2) is 0 Å². The van der Waals surface area contributed by atoms with E-state index in [2.05, 4.69) is 21.2 Å². The molecule has 0 unspecified atom stereocenters. The number of carbonyl (C=O) groups is 2. The van der Waals surface area contributed by atoms with Crippen molar-refractivity contribution < 1.29 is 18.0 Å². The zero-order valence-electron chi connectivity index (χ0n) is 19.3. The van der Waals surface area contributed by atoms with Gasteiger partial charge in [0.25, 0.3) is 0 Å². The monoisotopic (exact) mass is 557 g/mol. The van der Waals surface area contributed by atoms with Crippen LogP contribution in [-0.2, 0) is 26.2 Å². The first-order chi connectivity index (χ1) is 15.2. The van der Waals surface area contributed by atoms with E-state index in [1.54, 1.807) is 55.5 Å². The number of anilines is 1. The maximum absolute atomic E-state index is 13.5. The van der Waals surface area contributed by atoms with Gasteiger partial charge in [0.2, 0.25) is 21.8 Å². The van der Waals surface area contributed by atoms with Crippen LogP contribution in [0.3, 0.4) is 0 Å². The first-order valence-electron chi connectivity index (χ1n) is 10.3. The quantitative estimate of drug-likeness (QED) is 0.526. The summed E-state index contributed by atoms with van der Waals surface area (Å²) >= 11 is 9.63. The van der Waals surface area contributed by atoms with Crippen LogP contribution < -0.4 is 9.62 Å². The Balaban J connectivity index is 2.41. The summed E-state index contributed by atoms with van der Waals surface area (Å²) in [5, 5.41) is 3.32. The lowest BCUT2D eigenvalue weighted by Crippen LogP contribution is -2.54. The number of amides is 2. The normalized spacial score (nSPS) is 12.7. The van der Waals surface area contributed by atoms with Crippen molar-refractivity contribution in [3.8, 4) is 0 Å². The van der Waals surface area contributed by atoms with Gasteiger partial charge in [-0.25, -0.2) is 8.42 Å². The average Bonchev–Trinajstić information content (AvgIpc) is 2.69. The molecule has 0 saturated heterocycles. The van der Waals surface area contributed by atoms with Crippen molar-refractivity contribution in [2.75, 3.05) is 17.1 Å². The topological polar surface area (TPSA) is 86.8 Å². The van der Waals surface area contributed by atoms with Crippen molar-refractivity contribution in [1.29, 1.82) is 0 Å². The molecule has 0 spiro atoms. The largest absolute Gasteiger partial charge is 0.350 e. The molecule has 1 atom stereocenters. The predicted molar refractivity (Wildman–Crippen MR) is 136 cm³/mol. The average molecular weight is 559 g/mol. The summed E-state index contributed by atoms with van der Waals surface area (Å²) in [6.07, 6.45) is 1.04. The van der Waals surface area contributed by atoms with E-state index < -0.39 is 34.1 Å². The minimum Gasteiger partial charge on any atom is -0.350 e. The van der Waals surface area contributed by atoms with Gasteiger partial charge in [0.05, 0.1) is 11.9 Å². The van der Waals surface area contributed by atoms with Gasteiger partial charge < -0.3 is 10.2 Å². The number of hydrogen-bond acceptors (Lipinski definition) is 4. The molecule has 0 aliphatic heterocycles. The molecule has 0 saturated carbocycles. The SMILES string of the molecule is C[C@H](C(=O)NC(C)(C)C)N(Cc1ccccc1Cl)C(=O)CN(c1ccc(Br)cc1)S(C)(=O)=O. The second-order valence-corrected chi connectivity index (χ2v) is 12.0. The molecular formula is C23H29BrClN3O4S. The smallest absolute Gasteiger partial charge is 0.244 e. The molecule has 1 N–H and O–H groups in total. The third-order valence-corrected chi connectivity index (χ3v) is 6.80. The highest BCUT2D eigenvalue weighted by molar-refractivity contribution is 9.10. The number of halogens is 2. The van der Waals surface area contributed by atoms with Gasteiger partial charge in [-0.2, -0.15) is 0 Å². The Morgan fingerprint density at radius 2 is 1.67 bits per heavy atom. The molecule has 0 bridgehead atoms. The molecule has 2 rings (SSSR count). The van der Waals surface area contributed by atoms with Gasteiger partial charge in [-0.1, -0.05) is 45.7 Å². The number of sulfonamides is 1. The summed E-state index contributed by atoms with van der Waals surface area (Å²) in [5.41, 5.74) is 0.497. The van der Waals surface area contributed by atoms with Crippen molar-refractivity contribution in [1.82, 2.24) is 10.2 Å². The van der Waals surface area contributed by atoms with Gasteiger partial charge in [-0.3, -0.25) is 13.9 Å². The lowest BCUT2D eigenvalue weighted by atomic mass is 10.1. The van der Waals surface area contributed by atoms with Crippen molar-refractivity contribution in [3.05, 3.63) is 63.6 Å². The van der Waals surface area contributed by atoms with Crippen molar-refractivity contribution in [3.63, 3.8) is 0 Å². The zero-order valence-corrected chi connectivity index (χ0v) is 22.5. The Hall–Kier alpha value is -2.10. The first-order valence-corrected chi connectivity index (χ1v) is 13.3. The van der Waals surface area contributed by atoms with Crippen LogP contribution in [-0.4, -0.2) is 49.5 Å². The van der Waals surface area contributed by atoms with Crippen LogP contribution in [0.15, 0.2) is 53.0 Å². The van der Waals surface area contributed by atoms with Crippen LogP contribution in [0.4, 0.5) is 5.69 Å². The third-order valence-electron chi connectivity index (χ3n) is 4.76. The van der Waals surface area contributed by atoms with E-state index >= 15 is 0 Å². The number of rotatable bonds is 8. The summed E-state index contributed by atoms with van der Waals surface area (Å²) in [7, 11) is -3.77. The fraction of sp³-hybridized carbons (Fsp3) is 0.391. The number of carbonyl (C=O) groups excluding carboxylic acids is 2. The minimum atomic E-state index is -3.77. The molecule has 0 aromatic heterocycles. The van der Waals surface area contributed by atoms with Crippen LogP contribution in [0.25, 0.3) is 0 Å². The number of hydrogen-bond donors (Lipinski definition) is 1. The van der Waals surface area contributed by atoms with Crippen LogP contribution in [0.5, 0.6) is 0 Å². The lowest BCUT2D eigenvalue weighted by molar-refractivity contribution is -0.140. The maximum atomic E-state index is 13.5. The second-order valence-electron chi connectivity index (χ2n) is 8.77. The van der Waals surface area contributed by atoms with E-state index in [0.717, 1.165) is 15.0 Å². The van der Waals surface area contributed by atoms with Gasteiger partial charge >= 0.3 is 0 Å². The number of nitrogens with zero attached hydrogens (tertiary/aromatic N) is 2. The van der Waals surface area contributed by atoms with Crippen molar-refractivity contribution >= 4 is 55.1 Å². The van der Waals surface area contributed by atoms with Gasteiger partial charge in [-0.05, 0) is 63.6 Å². The van der Waals surface area contributed by atoms with E-state index in [0.29, 0.717) is 16.3 Å². The van der Waals surface area contributed by atoms with Crippen LogP contribution >= 0.6 is 27.5 Å². The number of benzene rings is 2. The third kappa shape index (κ3) is 8.01. The van der Waals surface area contributed by atoms with Gasteiger partial charge in [0, 0.05) is 21.6 Å². The lowest BCUT2D eigenvalue weighted by Gasteiger charge is -2.33. The Kier molecular flexibility index (Phi) is 8.95. The number of nitrogens with one attached hydrogen (secondary N) is 1. The van der Waals surface area contributed by atoms with E-state index in [1.807, 2.05) is 20.8 Å². The summed E-state index contributed by atoms with van der Waals surface area (Å²) in [5.74, 6) is -0.878. The molecule has 0 aliphatic rings. The van der Waals surface area contributed by atoms with Crippen LogP contribution in [0.2, 0.25) is 5.02 Å². The maximum Gasteiger partial charge on any atom is 0.244 e. The van der Waals surface area contributed by atoms with Gasteiger partial charge in [0.1, 0.15) is 12.6 Å². The van der Waals surface area contributed by atoms with Crippen molar-refractivity contribution in [2.24, 2.45) is 0 Å². The molecular weight excluding hydrogens is 530 g/mol. The van der Waals surface area contributed by atoms with E-state index in [-0.39, 0.29) is 12.5 Å². The van der Waals surface area contributed by atoms with E-state index in [4.69, 9.17) is 11.6 Å². The highest BCUT2D eigenvalue weighted by Gasteiger charge is 2.31. The van der Waals surface area contributed by atoms with Crippen LogP contribution in [0, 0.1) is 0 Å². The molecule has 0 heterocycles. The first kappa shape index (κ1) is 27.1. The molecule has 0 fully saturated rings. The molecule has 33 heavy (non-hydrogen) atoms. The Morgan fingerprint density at radius 1 is 1.09 bits per heavy atom. The fourth-order valence-electron chi connectivity index (χ4n) is 3.09. The van der Waals surface area contributed by atoms with E-state index in [1.165, 1.54) is 4.90 Å². The summed E-state index contributed by atoms with van der Waals surface area (Å²) in [6.45, 7) is 6.73. The molecule has 2 aromatic rings. The zero-order chi connectivity index (χ0) is 25.0. The molecule has 2 amide bonds. The second kappa shape index (κ2) is 10.9. The Morgan fingerprint density at radius 3 is 2.18 bits per heavy atom. The summed E-state index contributed by atoms with van der Waals surface area (Å²) in [4.78, 5) is 27.7. The Labute approximate surface area is 209 Å². The summed E-state index contributed by atoms with van der Waals surface area (Å²) < 4.78 is 26.8. The molecule has 7 nitrogen and oxygen atoms in total. The highest BCUT2D eigenvalue weighted by atomic mass is 79.9. The molecule has 2 aromatic carbocycles. The molecule has 0 radical (unpaired) electrons. The van der Waals surface area contributed by atoms with Gasteiger partial charge in [-0.15, -0.1) is 0 Å². The highest BCUT2D eigenvalue weighted by Crippen LogP contribution is 2.23. The van der Waals surface area contributed by atoms with Crippen molar-refractivity contribution in [2.45, 2.75) is 45.8 Å². The fourth-order valence-corrected chi connectivity index (χ4v) is 4.40. The standard InChI is InChI=1S/C23H29BrClN3O4S/c1-16(22(30)26-23(2,3)4)27(14-17-8-6-7-9-20(17)25)21(29)15-28(33(5,31)32)19-12-10-18(24)11-13-19/h6-13,16H,14-15H2,1-5H3,(H,26,30)/t16-/m1/s1. The minimum absolute atomic E-state index is 0.0508.